The molecular formula is C11H21N3O2. The third kappa shape index (κ3) is 3.72. The number of amides is 1. The van der Waals surface area contributed by atoms with Crippen LogP contribution in [-0.2, 0) is 4.74 Å². The molecule has 0 spiro atoms. The summed E-state index contributed by atoms with van der Waals surface area (Å²) >= 11 is 0. The number of amidine groups is 1. The molecule has 1 saturated carbocycles. The Morgan fingerprint density at radius 3 is 2.38 bits per heavy atom. The fourth-order valence-corrected chi connectivity index (χ4v) is 1.83. The first kappa shape index (κ1) is 12.8. The first-order valence-corrected chi connectivity index (χ1v) is 5.57. The maximum Gasteiger partial charge on any atom is 0.408 e. The molecule has 1 amide bonds. The molecule has 5 heteroatoms. The third-order valence-electron chi connectivity index (χ3n) is 2.61. The molecule has 0 atom stereocenters. The van der Waals surface area contributed by atoms with Gasteiger partial charge in [-0.05, 0) is 40.0 Å². The SMILES string of the molecule is CC(C)(C)OC(=O)NC1(CC(=N)N)CCC1. The number of ether oxygens (including phenoxy) is 1. The van der Waals surface area contributed by atoms with Crippen molar-refractivity contribution in [2.75, 3.05) is 0 Å². The van der Waals surface area contributed by atoms with Crippen molar-refractivity contribution in [2.45, 2.75) is 57.6 Å². The molecule has 0 heterocycles. The minimum absolute atomic E-state index is 0.107. The highest BCUT2D eigenvalue weighted by atomic mass is 16.6. The molecule has 0 aliphatic heterocycles. The Morgan fingerprint density at radius 1 is 1.50 bits per heavy atom. The molecule has 1 fully saturated rings. The lowest BCUT2D eigenvalue weighted by molar-refractivity contribution is 0.0391. The van der Waals surface area contributed by atoms with Crippen molar-refractivity contribution in [1.82, 2.24) is 5.32 Å². The standard InChI is InChI=1S/C11H21N3O2/c1-10(2,3)16-9(15)14-11(5-4-6-11)7-8(12)13/h4-7H2,1-3H3,(H3,12,13)(H,14,15). The van der Waals surface area contributed by atoms with Gasteiger partial charge in [-0.3, -0.25) is 5.41 Å². The van der Waals surface area contributed by atoms with E-state index in [4.69, 9.17) is 15.9 Å². The van der Waals surface area contributed by atoms with Crippen molar-refractivity contribution in [1.29, 1.82) is 5.41 Å². The van der Waals surface area contributed by atoms with Crippen LogP contribution < -0.4 is 11.1 Å². The number of rotatable bonds is 3. The van der Waals surface area contributed by atoms with Gasteiger partial charge >= 0.3 is 6.09 Å². The predicted octanol–water partition coefficient (Wildman–Crippen LogP) is 1.76. The summed E-state index contributed by atoms with van der Waals surface area (Å²) in [5, 5.41) is 10.1. The van der Waals surface area contributed by atoms with Crippen LogP contribution in [0.4, 0.5) is 4.79 Å². The van der Waals surface area contributed by atoms with E-state index in [9.17, 15) is 4.79 Å². The molecule has 0 saturated heterocycles. The zero-order chi connectivity index (χ0) is 12.4. The first-order valence-electron chi connectivity index (χ1n) is 5.57. The highest BCUT2D eigenvalue weighted by molar-refractivity contribution is 5.79. The molecule has 0 aromatic heterocycles. The van der Waals surface area contributed by atoms with Gasteiger partial charge in [0.25, 0.3) is 0 Å². The lowest BCUT2D eigenvalue weighted by Crippen LogP contribution is -2.56. The summed E-state index contributed by atoms with van der Waals surface area (Å²) in [6.45, 7) is 5.47. The van der Waals surface area contributed by atoms with Crippen LogP contribution in [0, 0.1) is 5.41 Å². The smallest absolute Gasteiger partial charge is 0.408 e. The number of alkyl carbamates (subject to hydrolysis) is 1. The Kier molecular flexibility index (Phi) is 3.45. The van der Waals surface area contributed by atoms with Gasteiger partial charge in [-0.2, -0.15) is 0 Å². The minimum atomic E-state index is -0.495. The normalized spacial score (nSPS) is 18.4. The van der Waals surface area contributed by atoms with E-state index in [0.717, 1.165) is 19.3 Å². The monoisotopic (exact) mass is 227 g/mol. The minimum Gasteiger partial charge on any atom is -0.444 e. The van der Waals surface area contributed by atoms with Crippen LogP contribution >= 0.6 is 0 Å². The predicted molar refractivity (Wildman–Crippen MR) is 62.5 cm³/mol. The zero-order valence-corrected chi connectivity index (χ0v) is 10.2. The van der Waals surface area contributed by atoms with E-state index >= 15 is 0 Å². The fourth-order valence-electron chi connectivity index (χ4n) is 1.83. The lowest BCUT2D eigenvalue weighted by atomic mass is 9.74. The second-order valence-corrected chi connectivity index (χ2v) is 5.46. The van der Waals surface area contributed by atoms with Gasteiger partial charge in [0, 0.05) is 6.42 Å². The van der Waals surface area contributed by atoms with E-state index in [1.807, 2.05) is 20.8 Å². The maximum absolute atomic E-state index is 11.6. The number of hydrogen-bond acceptors (Lipinski definition) is 3. The van der Waals surface area contributed by atoms with E-state index in [1.165, 1.54) is 0 Å². The molecule has 4 N–H and O–H groups in total. The van der Waals surface area contributed by atoms with E-state index in [2.05, 4.69) is 5.32 Å². The molecule has 1 aliphatic rings. The summed E-state index contributed by atoms with van der Waals surface area (Å²) in [5.74, 6) is 0.107. The van der Waals surface area contributed by atoms with Crippen molar-refractivity contribution in [3.8, 4) is 0 Å². The molecule has 92 valence electrons. The molecule has 1 aliphatic carbocycles. The summed E-state index contributed by atoms with van der Waals surface area (Å²) < 4.78 is 5.19. The third-order valence-corrected chi connectivity index (χ3v) is 2.61. The van der Waals surface area contributed by atoms with Crippen LogP contribution in [0.2, 0.25) is 0 Å². The Bertz CT molecular complexity index is 290. The van der Waals surface area contributed by atoms with Crippen LogP contribution in [-0.4, -0.2) is 23.1 Å². The van der Waals surface area contributed by atoms with E-state index in [1.54, 1.807) is 0 Å². The Labute approximate surface area is 96.2 Å². The Balaban J connectivity index is 2.50. The Morgan fingerprint density at radius 2 is 2.06 bits per heavy atom. The largest absolute Gasteiger partial charge is 0.444 e. The van der Waals surface area contributed by atoms with Gasteiger partial charge in [-0.15, -0.1) is 0 Å². The molecule has 1 rings (SSSR count). The maximum atomic E-state index is 11.6. The second-order valence-electron chi connectivity index (χ2n) is 5.46. The molecule has 0 radical (unpaired) electrons. The van der Waals surface area contributed by atoms with Gasteiger partial charge in [-0.1, -0.05) is 0 Å². The van der Waals surface area contributed by atoms with Gasteiger partial charge in [0.15, 0.2) is 0 Å². The average Bonchev–Trinajstić information content (AvgIpc) is 1.95. The highest BCUT2D eigenvalue weighted by Crippen LogP contribution is 2.35. The van der Waals surface area contributed by atoms with E-state index < -0.39 is 11.7 Å². The molecule has 5 nitrogen and oxygen atoms in total. The molecule has 16 heavy (non-hydrogen) atoms. The summed E-state index contributed by atoms with van der Waals surface area (Å²) in [7, 11) is 0. The summed E-state index contributed by atoms with van der Waals surface area (Å²) in [5.41, 5.74) is 4.55. The van der Waals surface area contributed by atoms with Crippen LogP contribution in [0.25, 0.3) is 0 Å². The van der Waals surface area contributed by atoms with Crippen LogP contribution in [0.1, 0.15) is 46.5 Å². The Hall–Kier alpha value is -1.26. The first-order chi connectivity index (χ1) is 7.22. The fraction of sp³-hybridized carbons (Fsp3) is 0.818. The molecule has 0 bridgehead atoms. The number of carbonyl (C=O) groups is 1. The number of nitrogens with one attached hydrogen (secondary N) is 2. The van der Waals surface area contributed by atoms with Gasteiger partial charge in [-0.25, -0.2) is 4.79 Å². The van der Waals surface area contributed by atoms with E-state index in [-0.39, 0.29) is 11.4 Å². The zero-order valence-electron chi connectivity index (χ0n) is 10.2. The number of nitrogens with two attached hydrogens (primary N) is 1. The van der Waals surface area contributed by atoms with Gasteiger partial charge in [0.2, 0.25) is 0 Å². The van der Waals surface area contributed by atoms with Gasteiger partial charge in [0.05, 0.1) is 11.4 Å². The summed E-state index contributed by atoms with van der Waals surface area (Å²) in [4.78, 5) is 11.6. The van der Waals surface area contributed by atoms with Crippen molar-refractivity contribution in [3.05, 3.63) is 0 Å². The average molecular weight is 227 g/mol. The van der Waals surface area contributed by atoms with Crippen molar-refractivity contribution >= 4 is 11.9 Å². The van der Waals surface area contributed by atoms with Crippen molar-refractivity contribution in [3.63, 3.8) is 0 Å². The van der Waals surface area contributed by atoms with Gasteiger partial charge in [0.1, 0.15) is 5.60 Å². The van der Waals surface area contributed by atoms with Crippen LogP contribution in [0.15, 0.2) is 0 Å². The van der Waals surface area contributed by atoms with Crippen molar-refractivity contribution in [2.24, 2.45) is 5.73 Å². The van der Waals surface area contributed by atoms with Gasteiger partial charge < -0.3 is 15.8 Å². The second kappa shape index (κ2) is 4.31. The highest BCUT2D eigenvalue weighted by Gasteiger charge is 2.39. The van der Waals surface area contributed by atoms with E-state index in [0.29, 0.717) is 6.42 Å². The summed E-state index contributed by atoms with van der Waals surface area (Å²) in [6, 6.07) is 0. The van der Waals surface area contributed by atoms with Crippen LogP contribution in [0.3, 0.4) is 0 Å². The molecule has 0 unspecified atom stereocenters. The topological polar surface area (TPSA) is 88.2 Å². The molecular weight excluding hydrogens is 206 g/mol. The summed E-state index contributed by atoms with van der Waals surface area (Å²) in [6.07, 6.45) is 2.78. The number of hydrogen-bond donors (Lipinski definition) is 3. The lowest BCUT2D eigenvalue weighted by Gasteiger charge is -2.42. The van der Waals surface area contributed by atoms with Crippen molar-refractivity contribution < 1.29 is 9.53 Å². The van der Waals surface area contributed by atoms with Crippen LogP contribution in [0.5, 0.6) is 0 Å². The quantitative estimate of drug-likeness (QED) is 0.507. The molecule has 0 aromatic rings. The number of carbonyl (C=O) groups excluding carboxylic acids is 1. The molecule has 0 aromatic carbocycles.